The van der Waals surface area contributed by atoms with Gasteiger partial charge in [0.2, 0.25) is 0 Å². The second-order valence-electron chi connectivity index (χ2n) is 7.38. The fraction of sp³-hybridized carbons (Fsp3) is 0.591. The number of rotatable bonds is 12. The molecule has 0 aliphatic heterocycles. The predicted octanol–water partition coefficient (Wildman–Crippen LogP) is 3.34. The molecule has 0 amide bonds. The van der Waals surface area contributed by atoms with Crippen LogP contribution in [-0.2, 0) is 16.0 Å². The van der Waals surface area contributed by atoms with E-state index in [1.807, 2.05) is 36.4 Å². The van der Waals surface area contributed by atoms with Crippen LogP contribution < -0.4 is 0 Å². The number of hydrogen-bond donors (Lipinski definition) is 3. The van der Waals surface area contributed by atoms with Gasteiger partial charge in [-0.25, -0.2) is 0 Å². The van der Waals surface area contributed by atoms with Gasteiger partial charge >= 0.3 is 5.97 Å². The Kier molecular flexibility index (Phi) is 9.47. The summed E-state index contributed by atoms with van der Waals surface area (Å²) in [5.74, 6) is -0.0464. The van der Waals surface area contributed by atoms with Gasteiger partial charge in [0.05, 0.1) is 24.6 Å². The first kappa shape index (κ1) is 22.4. The molecule has 2 rings (SSSR count). The van der Waals surface area contributed by atoms with E-state index >= 15 is 0 Å². The highest BCUT2D eigenvalue weighted by molar-refractivity contribution is 5.66. The van der Waals surface area contributed by atoms with Crippen molar-refractivity contribution in [3.05, 3.63) is 48.5 Å². The average Bonchev–Trinajstić information content (AvgIpc) is 3.26. The molecule has 6 nitrogen and oxygen atoms in total. The summed E-state index contributed by atoms with van der Waals surface area (Å²) in [6.07, 6.45) is 12.4. The zero-order valence-corrected chi connectivity index (χ0v) is 16.4. The van der Waals surface area contributed by atoms with E-state index in [9.17, 15) is 15.0 Å². The quantitative estimate of drug-likeness (QED) is 0.373. The van der Waals surface area contributed by atoms with Crippen LogP contribution in [-0.4, -0.2) is 46.7 Å². The number of methoxy groups -OCH3 is 1. The summed E-state index contributed by atoms with van der Waals surface area (Å²) >= 11 is 0. The van der Waals surface area contributed by atoms with E-state index in [1.165, 1.54) is 0 Å². The van der Waals surface area contributed by atoms with E-state index in [2.05, 4.69) is 0 Å². The van der Waals surface area contributed by atoms with Crippen molar-refractivity contribution in [2.24, 2.45) is 11.8 Å². The van der Waals surface area contributed by atoms with Gasteiger partial charge in [-0.05, 0) is 43.7 Å². The third-order valence-electron chi connectivity index (χ3n) is 5.36. The Hall–Kier alpha value is -1.89. The van der Waals surface area contributed by atoms with E-state index in [1.54, 1.807) is 13.4 Å². The first-order valence-corrected chi connectivity index (χ1v) is 9.97. The molecule has 1 aliphatic carbocycles. The molecule has 0 radical (unpaired) electrons. The van der Waals surface area contributed by atoms with Crippen molar-refractivity contribution in [2.75, 3.05) is 7.11 Å². The summed E-state index contributed by atoms with van der Waals surface area (Å²) in [5, 5.41) is 29.3. The number of furan rings is 1. The second-order valence-corrected chi connectivity index (χ2v) is 7.38. The first-order valence-electron chi connectivity index (χ1n) is 9.97. The van der Waals surface area contributed by atoms with Gasteiger partial charge < -0.3 is 24.5 Å². The van der Waals surface area contributed by atoms with Crippen molar-refractivity contribution >= 4 is 5.97 Å². The molecule has 0 saturated heterocycles. The van der Waals surface area contributed by atoms with Gasteiger partial charge in [0.15, 0.2) is 0 Å². The van der Waals surface area contributed by atoms with Crippen LogP contribution >= 0.6 is 0 Å². The van der Waals surface area contributed by atoms with Crippen LogP contribution in [0.3, 0.4) is 0 Å². The lowest BCUT2D eigenvalue weighted by Gasteiger charge is -2.20. The van der Waals surface area contributed by atoms with E-state index < -0.39 is 18.2 Å². The number of hydrogen-bond acceptors (Lipinski definition) is 5. The number of carboxylic acids is 1. The van der Waals surface area contributed by atoms with Crippen molar-refractivity contribution in [2.45, 2.75) is 63.3 Å². The van der Waals surface area contributed by atoms with Gasteiger partial charge in [-0.3, -0.25) is 4.79 Å². The Bertz CT molecular complexity index is 621. The van der Waals surface area contributed by atoms with Crippen molar-refractivity contribution < 1.29 is 29.3 Å². The number of carbonyl (C=O) groups is 1. The van der Waals surface area contributed by atoms with E-state index in [-0.39, 0.29) is 24.4 Å². The second kappa shape index (κ2) is 11.8. The number of carboxylic acid groups (broad SMARTS) is 1. The zero-order valence-electron chi connectivity index (χ0n) is 16.4. The lowest BCUT2D eigenvalue weighted by atomic mass is 9.89. The van der Waals surface area contributed by atoms with Crippen LogP contribution in [0.15, 0.2) is 47.1 Å². The van der Waals surface area contributed by atoms with Crippen LogP contribution in [0.4, 0.5) is 0 Å². The van der Waals surface area contributed by atoms with Crippen molar-refractivity contribution in [3.8, 4) is 0 Å². The maximum absolute atomic E-state index is 10.5. The first-order chi connectivity index (χ1) is 13.5. The lowest BCUT2D eigenvalue weighted by Crippen LogP contribution is -2.20. The third kappa shape index (κ3) is 7.26. The number of aryl methyl sites for hydroxylation is 1. The molecule has 1 heterocycles. The molecule has 0 aromatic carbocycles. The zero-order chi connectivity index (χ0) is 20.4. The molecule has 6 heteroatoms. The topological polar surface area (TPSA) is 100 Å². The minimum atomic E-state index is -0.785. The van der Waals surface area contributed by atoms with Gasteiger partial charge in [0.1, 0.15) is 5.76 Å². The van der Waals surface area contributed by atoms with Crippen molar-refractivity contribution in [1.29, 1.82) is 0 Å². The fourth-order valence-electron chi connectivity index (χ4n) is 3.73. The van der Waals surface area contributed by atoms with Crippen LogP contribution in [0.5, 0.6) is 0 Å². The minimum absolute atomic E-state index is 0.0513. The third-order valence-corrected chi connectivity index (χ3v) is 5.36. The largest absolute Gasteiger partial charge is 0.481 e. The summed E-state index contributed by atoms with van der Waals surface area (Å²) in [7, 11) is 1.66. The molecule has 1 aromatic heterocycles. The number of aliphatic hydroxyl groups is 2. The summed E-state index contributed by atoms with van der Waals surface area (Å²) in [4.78, 5) is 10.5. The van der Waals surface area contributed by atoms with Gasteiger partial charge in [-0.15, -0.1) is 0 Å². The Morgan fingerprint density at radius 2 is 2.18 bits per heavy atom. The van der Waals surface area contributed by atoms with Crippen molar-refractivity contribution in [1.82, 2.24) is 0 Å². The van der Waals surface area contributed by atoms with Gasteiger partial charge in [0.25, 0.3) is 0 Å². The summed E-state index contributed by atoms with van der Waals surface area (Å²) in [6.45, 7) is 0. The highest BCUT2D eigenvalue weighted by Crippen LogP contribution is 2.36. The molecule has 28 heavy (non-hydrogen) atoms. The van der Waals surface area contributed by atoms with Gasteiger partial charge in [-0.2, -0.15) is 0 Å². The van der Waals surface area contributed by atoms with Crippen LogP contribution in [0, 0.1) is 11.8 Å². The number of allylic oxidation sites excluding steroid dienone is 2. The monoisotopic (exact) mass is 392 g/mol. The highest BCUT2D eigenvalue weighted by atomic mass is 16.5. The maximum Gasteiger partial charge on any atom is 0.303 e. The molecule has 5 atom stereocenters. The molecule has 1 aromatic rings. The minimum Gasteiger partial charge on any atom is -0.481 e. The van der Waals surface area contributed by atoms with Gasteiger partial charge in [0, 0.05) is 32.3 Å². The van der Waals surface area contributed by atoms with Crippen LogP contribution in [0.1, 0.15) is 44.3 Å². The van der Waals surface area contributed by atoms with E-state index in [0.717, 1.165) is 18.6 Å². The molecule has 156 valence electrons. The molecule has 1 aliphatic rings. The Balaban J connectivity index is 1.85. The van der Waals surface area contributed by atoms with Gasteiger partial charge in [-0.1, -0.05) is 24.3 Å². The number of unbranched alkanes of at least 4 members (excludes halogenated alkanes) is 1. The smallest absolute Gasteiger partial charge is 0.303 e. The summed E-state index contributed by atoms with van der Waals surface area (Å²) in [6, 6.07) is 3.80. The van der Waals surface area contributed by atoms with Crippen LogP contribution in [0.2, 0.25) is 0 Å². The summed E-state index contributed by atoms with van der Waals surface area (Å²) < 4.78 is 10.9. The molecular weight excluding hydrogens is 360 g/mol. The molecule has 0 bridgehead atoms. The normalized spacial score (nSPS) is 26.4. The average molecular weight is 392 g/mol. The number of aliphatic carboxylic acids is 1. The summed E-state index contributed by atoms with van der Waals surface area (Å²) in [5.41, 5.74) is 0. The fourth-order valence-corrected chi connectivity index (χ4v) is 3.73. The maximum atomic E-state index is 10.5. The number of ether oxygens (including phenoxy) is 1. The molecular formula is C22H32O6. The molecule has 0 spiro atoms. The van der Waals surface area contributed by atoms with E-state index in [4.69, 9.17) is 14.3 Å². The lowest BCUT2D eigenvalue weighted by molar-refractivity contribution is -0.137. The molecule has 3 N–H and O–H groups in total. The Morgan fingerprint density at radius 1 is 1.36 bits per heavy atom. The predicted molar refractivity (Wildman–Crippen MR) is 106 cm³/mol. The SMILES string of the molecule is COC(C=C[C@H]1C(O)CC(O)[C@@H]1CC=CCCCC(=O)O)CCc1ccco1. The Labute approximate surface area is 166 Å². The van der Waals surface area contributed by atoms with E-state index in [0.29, 0.717) is 25.7 Å². The Morgan fingerprint density at radius 3 is 2.86 bits per heavy atom. The van der Waals surface area contributed by atoms with Crippen LogP contribution in [0.25, 0.3) is 0 Å². The standard InChI is InChI=1S/C22H32O6/c1-27-16(10-11-17-7-6-14-28-17)12-13-19-18(20(23)15-21(19)24)8-4-2-3-5-9-22(25)26/h2,4,6-7,12-14,16,18-21,23-24H,3,5,8-11,15H2,1H3,(H,25,26)/t16?,18-,19-,20?,21?/m1/s1. The highest BCUT2D eigenvalue weighted by Gasteiger charge is 2.39. The van der Waals surface area contributed by atoms with Crippen molar-refractivity contribution in [3.63, 3.8) is 0 Å². The number of aliphatic hydroxyl groups excluding tert-OH is 2. The molecule has 1 saturated carbocycles. The molecule has 1 fully saturated rings. The molecule has 3 unspecified atom stereocenters.